The van der Waals surface area contributed by atoms with Crippen molar-refractivity contribution in [2.75, 3.05) is 31.5 Å². The zero-order valence-corrected chi connectivity index (χ0v) is 12.9. The summed E-state index contributed by atoms with van der Waals surface area (Å²) in [6.07, 6.45) is 1.12. The van der Waals surface area contributed by atoms with Gasteiger partial charge in [0.25, 0.3) is 5.69 Å². The number of hydrogen-bond acceptors (Lipinski definition) is 4. The maximum Gasteiger partial charge on any atom is 0.293 e. The molecule has 0 aliphatic heterocycles. The fraction of sp³-hybridized carbons (Fsp3) is 0.538. The first-order valence-electron chi connectivity index (χ1n) is 6.48. The van der Waals surface area contributed by atoms with Crippen LogP contribution >= 0.6 is 15.9 Å². The van der Waals surface area contributed by atoms with E-state index in [0.29, 0.717) is 16.7 Å². The molecule has 0 aliphatic rings. The number of likely N-dealkylation sites (N-methyl/N-ethyl adjacent to an activating group) is 1. The number of anilines is 1. The number of nitro benzene ring substituents is 1. The van der Waals surface area contributed by atoms with Crippen molar-refractivity contribution in [2.24, 2.45) is 0 Å². The summed E-state index contributed by atoms with van der Waals surface area (Å²) in [5.41, 5.74) is 0.675. The zero-order chi connectivity index (χ0) is 14.3. The fourth-order valence-electron chi connectivity index (χ4n) is 1.90. The van der Waals surface area contributed by atoms with Gasteiger partial charge in [0.05, 0.1) is 4.92 Å². The van der Waals surface area contributed by atoms with Gasteiger partial charge in [0, 0.05) is 23.6 Å². The number of benzene rings is 1. The third-order valence-corrected chi connectivity index (χ3v) is 3.38. The van der Waals surface area contributed by atoms with Gasteiger partial charge in [-0.1, -0.05) is 29.8 Å². The molecule has 0 bridgehead atoms. The highest BCUT2D eigenvalue weighted by Crippen LogP contribution is 2.27. The van der Waals surface area contributed by atoms with Crippen LogP contribution in [0.5, 0.6) is 0 Å². The van der Waals surface area contributed by atoms with Gasteiger partial charge in [-0.25, -0.2) is 0 Å². The lowest BCUT2D eigenvalue weighted by atomic mass is 10.2. The third kappa shape index (κ3) is 5.16. The Hall–Kier alpha value is -1.14. The molecule has 0 heterocycles. The quantitative estimate of drug-likeness (QED) is 0.585. The van der Waals surface area contributed by atoms with Gasteiger partial charge in [0.15, 0.2) is 0 Å². The molecule has 0 atom stereocenters. The maximum absolute atomic E-state index is 11.0. The molecule has 0 amide bonds. The Morgan fingerprint density at radius 3 is 2.68 bits per heavy atom. The van der Waals surface area contributed by atoms with E-state index in [2.05, 4.69) is 40.0 Å². The molecule has 0 saturated heterocycles. The lowest BCUT2D eigenvalue weighted by Gasteiger charge is -2.19. The predicted molar refractivity (Wildman–Crippen MR) is 81.7 cm³/mol. The van der Waals surface area contributed by atoms with Crippen molar-refractivity contribution >= 4 is 27.3 Å². The molecule has 106 valence electrons. The van der Waals surface area contributed by atoms with Gasteiger partial charge in [-0.2, -0.15) is 0 Å². The second kappa shape index (κ2) is 8.12. The van der Waals surface area contributed by atoms with E-state index in [9.17, 15) is 10.1 Å². The van der Waals surface area contributed by atoms with Gasteiger partial charge in [-0.3, -0.25) is 10.1 Å². The summed E-state index contributed by atoms with van der Waals surface area (Å²) in [6.45, 7) is 7.92. The van der Waals surface area contributed by atoms with Crippen LogP contribution in [0.4, 0.5) is 11.4 Å². The average molecular weight is 330 g/mol. The molecule has 6 heteroatoms. The van der Waals surface area contributed by atoms with Crippen molar-refractivity contribution in [1.29, 1.82) is 0 Å². The summed E-state index contributed by atoms with van der Waals surface area (Å²) >= 11 is 3.25. The largest absolute Gasteiger partial charge is 0.378 e. The highest BCUT2D eigenvalue weighted by atomic mass is 79.9. The first-order chi connectivity index (χ1) is 9.08. The van der Waals surface area contributed by atoms with Crippen LogP contribution in [-0.2, 0) is 0 Å². The first-order valence-corrected chi connectivity index (χ1v) is 7.28. The van der Waals surface area contributed by atoms with E-state index in [1.54, 1.807) is 12.1 Å². The monoisotopic (exact) mass is 329 g/mol. The molecule has 0 spiro atoms. The lowest BCUT2D eigenvalue weighted by Crippen LogP contribution is -2.29. The van der Waals surface area contributed by atoms with E-state index in [4.69, 9.17) is 0 Å². The van der Waals surface area contributed by atoms with E-state index < -0.39 is 0 Å². The van der Waals surface area contributed by atoms with E-state index >= 15 is 0 Å². The minimum absolute atomic E-state index is 0.105. The Labute approximate surface area is 122 Å². The van der Waals surface area contributed by atoms with E-state index in [1.807, 2.05) is 0 Å². The number of rotatable bonds is 8. The number of nitrogens with one attached hydrogen (secondary N) is 1. The number of halogens is 1. The molecule has 5 nitrogen and oxygen atoms in total. The van der Waals surface area contributed by atoms with Gasteiger partial charge in [-0.15, -0.1) is 0 Å². The minimum Gasteiger partial charge on any atom is -0.378 e. The second-order valence-electron chi connectivity index (χ2n) is 4.28. The smallest absolute Gasteiger partial charge is 0.293 e. The Balaban J connectivity index is 2.60. The highest BCUT2D eigenvalue weighted by molar-refractivity contribution is 9.10. The zero-order valence-electron chi connectivity index (χ0n) is 11.4. The first kappa shape index (κ1) is 15.9. The summed E-state index contributed by atoms with van der Waals surface area (Å²) in [4.78, 5) is 12.9. The summed E-state index contributed by atoms with van der Waals surface area (Å²) in [6, 6.07) is 5.06. The molecule has 1 aromatic carbocycles. The van der Waals surface area contributed by atoms with E-state index in [-0.39, 0.29) is 10.6 Å². The summed E-state index contributed by atoms with van der Waals surface area (Å²) in [5.74, 6) is 0. The van der Waals surface area contributed by atoms with Crippen molar-refractivity contribution < 1.29 is 4.92 Å². The van der Waals surface area contributed by atoms with Crippen LogP contribution in [0.15, 0.2) is 22.7 Å². The molecule has 1 N–H and O–H groups in total. The molecule has 0 radical (unpaired) electrons. The van der Waals surface area contributed by atoms with Crippen molar-refractivity contribution in [3.8, 4) is 0 Å². The highest BCUT2D eigenvalue weighted by Gasteiger charge is 2.13. The van der Waals surface area contributed by atoms with Gasteiger partial charge < -0.3 is 10.2 Å². The number of nitro groups is 1. The molecule has 1 aromatic rings. The number of nitrogens with zero attached hydrogens (tertiary/aromatic N) is 2. The van der Waals surface area contributed by atoms with Gasteiger partial charge in [0.1, 0.15) is 5.69 Å². The van der Waals surface area contributed by atoms with Crippen LogP contribution in [0.1, 0.15) is 20.3 Å². The molecule has 0 saturated carbocycles. The van der Waals surface area contributed by atoms with Crippen molar-refractivity contribution in [3.05, 3.63) is 32.8 Å². The number of hydrogen-bond donors (Lipinski definition) is 1. The average Bonchev–Trinajstić information content (AvgIpc) is 2.39. The Morgan fingerprint density at radius 2 is 2.11 bits per heavy atom. The van der Waals surface area contributed by atoms with Crippen molar-refractivity contribution in [3.63, 3.8) is 0 Å². The Morgan fingerprint density at radius 1 is 1.37 bits per heavy atom. The topological polar surface area (TPSA) is 58.4 Å². The SMILES string of the molecule is CCCN(CC)CCNc1ccc(Br)cc1[N+](=O)[O-]. The lowest BCUT2D eigenvalue weighted by molar-refractivity contribution is -0.384. The van der Waals surface area contributed by atoms with Crippen LogP contribution in [0.3, 0.4) is 0 Å². The van der Waals surface area contributed by atoms with Gasteiger partial charge >= 0.3 is 0 Å². The van der Waals surface area contributed by atoms with Crippen LogP contribution in [0.2, 0.25) is 0 Å². The van der Waals surface area contributed by atoms with Gasteiger partial charge in [-0.05, 0) is 31.6 Å². The molecule has 19 heavy (non-hydrogen) atoms. The van der Waals surface area contributed by atoms with Gasteiger partial charge in [0.2, 0.25) is 0 Å². The molecular formula is C13H20BrN3O2. The van der Waals surface area contributed by atoms with Crippen molar-refractivity contribution in [2.45, 2.75) is 20.3 Å². The molecule has 0 aliphatic carbocycles. The molecule has 0 fully saturated rings. The van der Waals surface area contributed by atoms with Crippen LogP contribution in [0, 0.1) is 10.1 Å². The van der Waals surface area contributed by atoms with Crippen LogP contribution in [-0.4, -0.2) is 36.0 Å². The summed E-state index contributed by atoms with van der Waals surface area (Å²) < 4.78 is 0.714. The summed E-state index contributed by atoms with van der Waals surface area (Å²) in [7, 11) is 0. The third-order valence-electron chi connectivity index (χ3n) is 2.89. The minimum atomic E-state index is -0.364. The normalized spacial score (nSPS) is 10.7. The summed E-state index contributed by atoms with van der Waals surface area (Å²) in [5, 5.41) is 14.1. The van der Waals surface area contributed by atoms with Crippen LogP contribution < -0.4 is 5.32 Å². The Bertz CT molecular complexity index is 426. The predicted octanol–water partition coefficient (Wildman–Crippen LogP) is 3.50. The molecule has 1 rings (SSSR count). The van der Waals surface area contributed by atoms with E-state index in [1.165, 1.54) is 6.07 Å². The standard InChI is InChI=1S/C13H20BrN3O2/c1-3-8-16(4-2)9-7-15-12-6-5-11(14)10-13(12)17(18)19/h5-6,10,15H,3-4,7-9H2,1-2H3. The second-order valence-corrected chi connectivity index (χ2v) is 5.20. The molecule has 0 aromatic heterocycles. The van der Waals surface area contributed by atoms with E-state index in [0.717, 1.165) is 26.1 Å². The maximum atomic E-state index is 11.0. The van der Waals surface area contributed by atoms with Crippen LogP contribution in [0.25, 0.3) is 0 Å². The fourth-order valence-corrected chi connectivity index (χ4v) is 2.25. The molecular weight excluding hydrogens is 310 g/mol. The van der Waals surface area contributed by atoms with Crippen molar-refractivity contribution in [1.82, 2.24) is 4.90 Å². The molecule has 0 unspecified atom stereocenters. The Kier molecular flexibility index (Phi) is 6.80.